The van der Waals surface area contributed by atoms with Crippen LogP contribution in [0.2, 0.25) is 0 Å². The van der Waals surface area contributed by atoms with Crippen molar-refractivity contribution in [1.29, 1.82) is 0 Å². The molecule has 1 heterocycles. The summed E-state index contributed by atoms with van der Waals surface area (Å²) in [6.45, 7) is 8.81. The summed E-state index contributed by atoms with van der Waals surface area (Å²) in [4.78, 5) is 6.95. The average molecular weight is 537 g/mol. The van der Waals surface area contributed by atoms with Crippen molar-refractivity contribution in [1.82, 2.24) is 15.5 Å². The van der Waals surface area contributed by atoms with Gasteiger partial charge in [-0.1, -0.05) is 54.6 Å². The van der Waals surface area contributed by atoms with Crippen LogP contribution in [-0.4, -0.2) is 43.1 Å². The molecule has 0 atom stereocenters. The Kier molecular flexibility index (Phi) is 11.3. The first-order chi connectivity index (χ1) is 14.6. The van der Waals surface area contributed by atoms with Crippen LogP contribution >= 0.6 is 24.0 Å². The van der Waals surface area contributed by atoms with Crippen molar-refractivity contribution in [3.05, 3.63) is 71.3 Å². The van der Waals surface area contributed by atoms with Gasteiger partial charge in [0.1, 0.15) is 0 Å². The minimum atomic E-state index is 0. The third-order valence-corrected chi connectivity index (χ3v) is 5.47. The number of ether oxygens (including phenoxy) is 1. The highest BCUT2D eigenvalue weighted by Crippen LogP contribution is 2.14. The van der Waals surface area contributed by atoms with Crippen LogP contribution in [0.1, 0.15) is 43.4 Å². The molecule has 0 radical (unpaired) electrons. The van der Waals surface area contributed by atoms with Gasteiger partial charge in [-0.2, -0.15) is 0 Å². The van der Waals surface area contributed by atoms with Gasteiger partial charge >= 0.3 is 0 Å². The summed E-state index contributed by atoms with van der Waals surface area (Å²) >= 11 is 0. The van der Waals surface area contributed by atoms with E-state index in [4.69, 9.17) is 4.74 Å². The molecule has 2 N–H and O–H groups in total. The molecular formula is C25H37IN4O. The first-order valence-electron chi connectivity index (χ1n) is 11.1. The number of rotatable bonds is 8. The van der Waals surface area contributed by atoms with E-state index >= 15 is 0 Å². The summed E-state index contributed by atoms with van der Waals surface area (Å²) in [5, 5.41) is 7.04. The molecule has 31 heavy (non-hydrogen) atoms. The second kappa shape index (κ2) is 13.7. The summed E-state index contributed by atoms with van der Waals surface area (Å²) < 4.78 is 5.66. The second-order valence-corrected chi connectivity index (χ2v) is 8.28. The number of guanidine groups is 1. The van der Waals surface area contributed by atoms with E-state index in [9.17, 15) is 0 Å². The van der Waals surface area contributed by atoms with Crippen LogP contribution in [0.3, 0.4) is 0 Å². The van der Waals surface area contributed by atoms with Crippen molar-refractivity contribution < 1.29 is 4.74 Å². The zero-order valence-electron chi connectivity index (χ0n) is 19.0. The van der Waals surface area contributed by atoms with E-state index < -0.39 is 0 Å². The molecule has 2 aromatic rings. The summed E-state index contributed by atoms with van der Waals surface area (Å²) in [6, 6.07) is 19.8. The molecule has 170 valence electrons. The summed E-state index contributed by atoms with van der Waals surface area (Å²) in [5.41, 5.74) is 3.84. The summed E-state index contributed by atoms with van der Waals surface area (Å²) in [5.74, 6) is 0.878. The van der Waals surface area contributed by atoms with Gasteiger partial charge in [-0.15, -0.1) is 24.0 Å². The first kappa shape index (κ1) is 25.6. The van der Waals surface area contributed by atoms with Crippen LogP contribution in [0.4, 0.5) is 0 Å². The lowest BCUT2D eigenvalue weighted by Crippen LogP contribution is -2.48. The number of nitrogens with one attached hydrogen (secondary N) is 2. The van der Waals surface area contributed by atoms with Crippen molar-refractivity contribution in [2.45, 2.75) is 58.5 Å². The summed E-state index contributed by atoms with van der Waals surface area (Å²) in [6.07, 6.45) is 2.53. The Bertz CT molecular complexity index is 772. The van der Waals surface area contributed by atoms with Gasteiger partial charge in [0.05, 0.1) is 12.7 Å². The first-order valence-corrected chi connectivity index (χ1v) is 11.1. The van der Waals surface area contributed by atoms with E-state index in [1.165, 1.54) is 16.7 Å². The van der Waals surface area contributed by atoms with Crippen molar-refractivity contribution in [2.75, 3.05) is 20.1 Å². The number of hydrogen-bond acceptors (Lipinski definition) is 3. The Labute approximate surface area is 204 Å². The molecule has 5 nitrogen and oxygen atoms in total. The smallest absolute Gasteiger partial charge is 0.191 e. The Morgan fingerprint density at radius 1 is 1.00 bits per heavy atom. The van der Waals surface area contributed by atoms with Crippen LogP contribution in [0, 0.1) is 0 Å². The van der Waals surface area contributed by atoms with Crippen LogP contribution in [0.25, 0.3) is 0 Å². The molecule has 1 saturated heterocycles. The van der Waals surface area contributed by atoms with Gasteiger partial charge in [0.15, 0.2) is 5.96 Å². The Morgan fingerprint density at radius 3 is 2.26 bits per heavy atom. The zero-order valence-corrected chi connectivity index (χ0v) is 21.3. The van der Waals surface area contributed by atoms with Gasteiger partial charge in [0.25, 0.3) is 0 Å². The molecule has 1 aliphatic rings. The fourth-order valence-corrected chi connectivity index (χ4v) is 3.67. The van der Waals surface area contributed by atoms with Crippen molar-refractivity contribution in [2.24, 2.45) is 4.99 Å². The monoisotopic (exact) mass is 536 g/mol. The van der Waals surface area contributed by atoms with Crippen LogP contribution < -0.4 is 10.6 Å². The second-order valence-electron chi connectivity index (χ2n) is 8.28. The van der Waals surface area contributed by atoms with Gasteiger partial charge in [0.2, 0.25) is 0 Å². The lowest BCUT2D eigenvalue weighted by Gasteiger charge is -2.33. The number of likely N-dealkylation sites (tertiary alicyclic amines) is 1. The standard InChI is InChI=1S/C25H36N4O.HI/c1-20(2)30-19-23-11-9-21(10-12-23)17-27-25(26-3)28-24-13-15-29(16-14-24)18-22-7-5-4-6-8-22;/h4-12,20,24H,13-19H2,1-3H3,(H2,26,27,28);1H. The van der Waals surface area contributed by atoms with Crippen molar-refractivity contribution in [3.63, 3.8) is 0 Å². The molecule has 0 amide bonds. The molecule has 0 saturated carbocycles. The Morgan fingerprint density at radius 2 is 1.65 bits per heavy atom. The van der Waals surface area contributed by atoms with E-state index in [-0.39, 0.29) is 30.1 Å². The predicted octanol–water partition coefficient (Wildman–Crippen LogP) is 4.56. The van der Waals surface area contributed by atoms with Crippen LogP contribution in [0.5, 0.6) is 0 Å². The molecule has 0 aliphatic carbocycles. The lowest BCUT2D eigenvalue weighted by molar-refractivity contribution is 0.0657. The topological polar surface area (TPSA) is 48.9 Å². The number of nitrogens with zero attached hydrogens (tertiary/aromatic N) is 2. The van der Waals surface area contributed by atoms with Crippen LogP contribution in [0.15, 0.2) is 59.6 Å². The molecular weight excluding hydrogens is 499 g/mol. The largest absolute Gasteiger partial charge is 0.374 e. The maximum absolute atomic E-state index is 5.66. The number of aliphatic imine (C=N–C) groups is 1. The van der Waals surface area contributed by atoms with E-state index in [0.717, 1.165) is 45.0 Å². The third-order valence-electron chi connectivity index (χ3n) is 5.47. The molecule has 2 aromatic carbocycles. The number of halogens is 1. The maximum atomic E-state index is 5.66. The van der Waals surface area contributed by atoms with Gasteiger partial charge in [-0.25, -0.2) is 0 Å². The lowest BCUT2D eigenvalue weighted by atomic mass is 10.0. The molecule has 3 rings (SSSR count). The number of benzene rings is 2. The van der Waals surface area contributed by atoms with E-state index in [0.29, 0.717) is 12.6 Å². The van der Waals surface area contributed by atoms with Crippen LogP contribution in [-0.2, 0) is 24.4 Å². The predicted molar refractivity (Wildman–Crippen MR) is 140 cm³/mol. The highest BCUT2D eigenvalue weighted by atomic mass is 127. The highest BCUT2D eigenvalue weighted by Gasteiger charge is 2.20. The molecule has 0 unspecified atom stereocenters. The highest BCUT2D eigenvalue weighted by molar-refractivity contribution is 14.0. The Balaban J connectivity index is 0.00000341. The number of hydrogen-bond donors (Lipinski definition) is 2. The fraction of sp³-hybridized carbons (Fsp3) is 0.480. The normalized spacial score (nSPS) is 15.5. The van der Waals surface area contributed by atoms with Gasteiger partial charge in [0, 0.05) is 39.3 Å². The minimum absolute atomic E-state index is 0. The average Bonchev–Trinajstić information content (AvgIpc) is 2.78. The number of piperidine rings is 1. The minimum Gasteiger partial charge on any atom is -0.374 e. The van der Waals surface area contributed by atoms with Gasteiger partial charge in [-0.05, 0) is 43.4 Å². The molecule has 0 spiro atoms. The molecule has 1 fully saturated rings. The van der Waals surface area contributed by atoms with E-state index in [1.54, 1.807) is 0 Å². The molecule has 0 aromatic heterocycles. The van der Waals surface area contributed by atoms with E-state index in [1.807, 2.05) is 7.05 Å². The molecule has 0 bridgehead atoms. The van der Waals surface area contributed by atoms with E-state index in [2.05, 4.69) is 89.0 Å². The zero-order chi connectivity index (χ0) is 21.2. The van der Waals surface area contributed by atoms with Crippen molar-refractivity contribution in [3.8, 4) is 0 Å². The SMILES string of the molecule is CN=C(NCc1ccc(COC(C)C)cc1)NC1CCN(Cc2ccccc2)CC1.I. The third kappa shape index (κ3) is 9.17. The van der Waals surface area contributed by atoms with Crippen molar-refractivity contribution >= 4 is 29.9 Å². The quantitative estimate of drug-likeness (QED) is 0.295. The fourth-order valence-electron chi connectivity index (χ4n) is 3.67. The van der Waals surface area contributed by atoms with Gasteiger partial charge in [-0.3, -0.25) is 9.89 Å². The maximum Gasteiger partial charge on any atom is 0.191 e. The summed E-state index contributed by atoms with van der Waals surface area (Å²) in [7, 11) is 1.84. The molecule has 6 heteroatoms. The Hall–Kier alpha value is -1.64. The van der Waals surface area contributed by atoms with Gasteiger partial charge < -0.3 is 15.4 Å². The molecule has 1 aliphatic heterocycles.